The summed E-state index contributed by atoms with van der Waals surface area (Å²) in [6.45, 7) is 4.00. The SMILES string of the molecule is CCCC#CC(O)CC. The normalized spacial score (nSPS) is 11.9. The Morgan fingerprint density at radius 1 is 1.44 bits per heavy atom. The third kappa shape index (κ3) is 5.39. The lowest BCUT2D eigenvalue weighted by atomic mass is 10.2. The predicted molar refractivity (Wildman–Crippen MR) is 39.0 cm³/mol. The van der Waals surface area contributed by atoms with E-state index in [0.717, 1.165) is 19.3 Å². The molecule has 52 valence electrons. The molecule has 0 aromatic heterocycles. The molecule has 0 fully saturated rings. The monoisotopic (exact) mass is 126 g/mol. The third-order valence-electron chi connectivity index (χ3n) is 1.03. The predicted octanol–water partition coefficient (Wildman–Crippen LogP) is 1.56. The lowest BCUT2D eigenvalue weighted by Gasteiger charge is -1.92. The van der Waals surface area contributed by atoms with Crippen molar-refractivity contribution < 1.29 is 5.11 Å². The van der Waals surface area contributed by atoms with Gasteiger partial charge in [-0.25, -0.2) is 0 Å². The molecule has 0 aromatic carbocycles. The molecular weight excluding hydrogens is 112 g/mol. The van der Waals surface area contributed by atoms with Gasteiger partial charge in [0.05, 0.1) is 0 Å². The standard InChI is InChI=1S/C8H14O/c1-3-5-6-7-8(9)4-2/h8-9H,3-5H2,1-2H3. The summed E-state index contributed by atoms with van der Waals surface area (Å²) in [5.41, 5.74) is 0. The summed E-state index contributed by atoms with van der Waals surface area (Å²) in [6.07, 6.45) is 2.30. The van der Waals surface area contributed by atoms with Gasteiger partial charge in [0.1, 0.15) is 6.10 Å². The van der Waals surface area contributed by atoms with Crippen molar-refractivity contribution >= 4 is 0 Å². The van der Waals surface area contributed by atoms with Crippen LogP contribution in [0.5, 0.6) is 0 Å². The molecule has 0 heterocycles. The Bertz CT molecular complexity index is 107. The molecule has 1 N–H and O–H groups in total. The first-order chi connectivity index (χ1) is 4.31. The fourth-order valence-corrected chi connectivity index (χ4v) is 0.417. The molecule has 0 rings (SSSR count). The van der Waals surface area contributed by atoms with E-state index in [9.17, 15) is 0 Å². The van der Waals surface area contributed by atoms with Gasteiger partial charge in [0.15, 0.2) is 0 Å². The Morgan fingerprint density at radius 3 is 2.56 bits per heavy atom. The minimum Gasteiger partial charge on any atom is -0.380 e. The van der Waals surface area contributed by atoms with Crippen LogP contribution in [0.1, 0.15) is 33.1 Å². The number of hydrogen-bond acceptors (Lipinski definition) is 1. The number of rotatable bonds is 2. The van der Waals surface area contributed by atoms with Crippen LogP contribution in [-0.4, -0.2) is 11.2 Å². The smallest absolute Gasteiger partial charge is 0.114 e. The van der Waals surface area contributed by atoms with Gasteiger partial charge in [-0.05, 0) is 12.8 Å². The molecule has 1 nitrogen and oxygen atoms in total. The number of hydrogen-bond donors (Lipinski definition) is 1. The maximum absolute atomic E-state index is 8.91. The zero-order valence-corrected chi connectivity index (χ0v) is 6.15. The zero-order valence-electron chi connectivity index (χ0n) is 6.15. The van der Waals surface area contributed by atoms with Crippen LogP contribution < -0.4 is 0 Å². The molecule has 0 aliphatic rings. The van der Waals surface area contributed by atoms with Crippen molar-refractivity contribution in [3.8, 4) is 11.8 Å². The van der Waals surface area contributed by atoms with Crippen LogP contribution in [0.25, 0.3) is 0 Å². The zero-order chi connectivity index (χ0) is 7.11. The van der Waals surface area contributed by atoms with E-state index in [1.54, 1.807) is 0 Å². The van der Waals surface area contributed by atoms with Gasteiger partial charge in [-0.2, -0.15) is 0 Å². The molecule has 0 saturated carbocycles. The maximum Gasteiger partial charge on any atom is 0.114 e. The highest BCUT2D eigenvalue weighted by Crippen LogP contribution is 1.87. The average Bonchev–Trinajstić information content (AvgIpc) is 1.89. The summed E-state index contributed by atoms with van der Waals surface area (Å²) >= 11 is 0. The first kappa shape index (κ1) is 8.52. The maximum atomic E-state index is 8.91. The molecule has 1 atom stereocenters. The van der Waals surface area contributed by atoms with Crippen LogP contribution in [0, 0.1) is 11.8 Å². The average molecular weight is 126 g/mol. The largest absolute Gasteiger partial charge is 0.380 e. The van der Waals surface area contributed by atoms with E-state index >= 15 is 0 Å². The van der Waals surface area contributed by atoms with Crippen molar-refractivity contribution in [3.63, 3.8) is 0 Å². The van der Waals surface area contributed by atoms with E-state index < -0.39 is 6.10 Å². The van der Waals surface area contributed by atoms with E-state index in [1.807, 2.05) is 6.92 Å². The highest BCUT2D eigenvalue weighted by atomic mass is 16.3. The lowest BCUT2D eigenvalue weighted by molar-refractivity contribution is 0.228. The van der Waals surface area contributed by atoms with Crippen LogP contribution in [0.2, 0.25) is 0 Å². The van der Waals surface area contributed by atoms with Gasteiger partial charge in [-0.1, -0.05) is 19.8 Å². The fraction of sp³-hybridized carbons (Fsp3) is 0.750. The topological polar surface area (TPSA) is 20.2 Å². The minimum atomic E-state index is -0.406. The van der Waals surface area contributed by atoms with Crippen LogP contribution >= 0.6 is 0 Å². The molecule has 0 spiro atoms. The summed E-state index contributed by atoms with van der Waals surface area (Å²) in [5.74, 6) is 5.62. The second kappa shape index (κ2) is 5.65. The van der Waals surface area contributed by atoms with E-state index in [1.165, 1.54) is 0 Å². The van der Waals surface area contributed by atoms with Crippen LogP contribution in [-0.2, 0) is 0 Å². The Hall–Kier alpha value is -0.480. The molecule has 0 aliphatic carbocycles. The van der Waals surface area contributed by atoms with Crippen molar-refractivity contribution in [1.29, 1.82) is 0 Å². The van der Waals surface area contributed by atoms with Gasteiger partial charge in [-0.15, -0.1) is 5.92 Å². The summed E-state index contributed by atoms with van der Waals surface area (Å²) in [7, 11) is 0. The fourth-order valence-electron chi connectivity index (χ4n) is 0.417. The summed E-state index contributed by atoms with van der Waals surface area (Å²) < 4.78 is 0. The van der Waals surface area contributed by atoms with Crippen LogP contribution in [0.4, 0.5) is 0 Å². The molecular formula is C8H14O. The molecule has 0 aliphatic heterocycles. The van der Waals surface area contributed by atoms with E-state index in [-0.39, 0.29) is 0 Å². The molecule has 0 aromatic rings. The Labute approximate surface area is 57.1 Å². The van der Waals surface area contributed by atoms with E-state index in [2.05, 4.69) is 18.8 Å². The molecule has 0 bridgehead atoms. The molecule has 1 heteroatoms. The van der Waals surface area contributed by atoms with Gasteiger partial charge in [-0.3, -0.25) is 0 Å². The molecule has 1 unspecified atom stereocenters. The van der Waals surface area contributed by atoms with Crippen molar-refractivity contribution in [2.75, 3.05) is 0 Å². The quantitative estimate of drug-likeness (QED) is 0.557. The Morgan fingerprint density at radius 2 is 2.11 bits per heavy atom. The number of aliphatic hydroxyl groups excluding tert-OH is 1. The molecule has 0 radical (unpaired) electrons. The summed E-state index contributed by atoms with van der Waals surface area (Å²) in [6, 6.07) is 0. The van der Waals surface area contributed by atoms with Gasteiger partial charge in [0, 0.05) is 6.42 Å². The number of aliphatic hydroxyl groups is 1. The number of unbranched alkanes of at least 4 members (excludes halogenated alkanes) is 1. The highest BCUT2D eigenvalue weighted by molar-refractivity contribution is 5.03. The van der Waals surface area contributed by atoms with Gasteiger partial charge in [0.25, 0.3) is 0 Å². The van der Waals surface area contributed by atoms with Crippen LogP contribution in [0.3, 0.4) is 0 Å². The van der Waals surface area contributed by atoms with Crippen molar-refractivity contribution in [3.05, 3.63) is 0 Å². The van der Waals surface area contributed by atoms with E-state index in [4.69, 9.17) is 5.11 Å². The third-order valence-corrected chi connectivity index (χ3v) is 1.03. The first-order valence-corrected chi connectivity index (χ1v) is 3.47. The van der Waals surface area contributed by atoms with Crippen LogP contribution in [0.15, 0.2) is 0 Å². The summed E-state index contributed by atoms with van der Waals surface area (Å²) in [5, 5.41) is 8.91. The van der Waals surface area contributed by atoms with Crippen molar-refractivity contribution in [2.24, 2.45) is 0 Å². The highest BCUT2D eigenvalue weighted by Gasteiger charge is 1.89. The van der Waals surface area contributed by atoms with Crippen molar-refractivity contribution in [1.82, 2.24) is 0 Å². The van der Waals surface area contributed by atoms with Gasteiger partial charge < -0.3 is 5.11 Å². The first-order valence-electron chi connectivity index (χ1n) is 3.47. The van der Waals surface area contributed by atoms with Gasteiger partial charge >= 0.3 is 0 Å². The van der Waals surface area contributed by atoms with Gasteiger partial charge in [0.2, 0.25) is 0 Å². The summed E-state index contributed by atoms with van der Waals surface area (Å²) in [4.78, 5) is 0. The molecule has 0 saturated heterocycles. The molecule has 0 amide bonds. The van der Waals surface area contributed by atoms with E-state index in [0.29, 0.717) is 0 Å². The minimum absolute atomic E-state index is 0.406. The second-order valence-electron chi connectivity index (χ2n) is 2.00. The Kier molecular flexibility index (Phi) is 5.35. The van der Waals surface area contributed by atoms with Crippen molar-refractivity contribution in [2.45, 2.75) is 39.2 Å². The molecule has 9 heavy (non-hydrogen) atoms. The lowest BCUT2D eigenvalue weighted by Crippen LogP contribution is -1.98. The Balaban J connectivity index is 3.33. The second-order valence-corrected chi connectivity index (χ2v) is 2.00.